The van der Waals surface area contributed by atoms with Crippen LogP contribution < -0.4 is 9.62 Å². The van der Waals surface area contributed by atoms with Crippen LogP contribution in [0.2, 0.25) is 5.02 Å². The van der Waals surface area contributed by atoms with Crippen LogP contribution in [-0.2, 0) is 21.4 Å². The number of hydrogen-bond acceptors (Lipinski definition) is 3. The molecule has 1 amide bonds. The van der Waals surface area contributed by atoms with Gasteiger partial charge in [-0.05, 0) is 42.3 Å². The minimum absolute atomic E-state index is 0.169. The Balaban J connectivity index is 2.23. The first-order valence-electron chi connectivity index (χ1n) is 7.99. The molecule has 0 spiro atoms. The number of nitrogens with one attached hydrogen (secondary N) is 1. The monoisotopic (exact) mass is 398 g/mol. The van der Waals surface area contributed by atoms with Crippen molar-refractivity contribution < 1.29 is 17.6 Å². The molecular weight excluding hydrogens is 379 g/mol. The molecule has 26 heavy (non-hydrogen) atoms. The van der Waals surface area contributed by atoms with Crippen LogP contribution in [0.3, 0.4) is 0 Å². The first-order chi connectivity index (χ1) is 12.2. The molecule has 2 rings (SSSR count). The smallest absolute Gasteiger partial charge is 0.244 e. The first kappa shape index (κ1) is 20.2. The molecule has 0 heterocycles. The summed E-state index contributed by atoms with van der Waals surface area (Å²) in [6, 6.07) is 11.1. The zero-order valence-corrected chi connectivity index (χ0v) is 16.0. The van der Waals surface area contributed by atoms with Crippen molar-refractivity contribution in [2.75, 3.05) is 10.6 Å². The van der Waals surface area contributed by atoms with E-state index in [9.17, 15) is 17.6 Å². The second-order valence-corrected chi connectivity index (χ2v) is 8.10. The summed E-state index contributed by atoms with van der Waals surface area (Å²) in [4.78, 5) is 12.6. The zero-order valence-electron chi connectivity index (χ0n) is 14.4. The Morgan fingerprint density at radius 2 is 1.88 bits per heavy atom. The first-order valence-corrected chi connectivity index (χ1v) is 10.2. The van der Waals surface area contributed by atoms with E-state index in [4.69, 9.17) is 11.6 Å². The third kappa shape index (κ3) is 5.19. The van der Waals surface area contributed by atoms with E-state index in [-0.39, 0.29) is 18.8 Å². The lowest BCUT2D eigenvalue weighted by Crippen LogP contribution is -2.49. The van der Waals surface area contributed by atoms with E-state index in [0.29, 0.717) is 16.3 Å². The summed E-state index contributed by atoms with van der Waals surface area (Å²) in [5.41, 5.74) is 1.03. The number of hydrogen-bond donors (Lipinski definition) is 1. The molecule has 0 saturated carbocycles. The largest absolute Gasteiger partial charge is 0.350 e. The van der Waals surface area contributed by atoms with Crippen molar-refractivity contribution in [3.05, 3.63) is 64.9 Å². The predicted octanol–water partition coefficient (Wildman–Crippen LogP) is 3.34. The summed E-state index contributed by atoms with van der Waals surface area (Å²) in [5, 5.41) is 3.08. The molecule has 1 N–H and O–H groups in total. The Morgan fingerprint density at radius 3 is 2.42 bits per heavy atom. The number of amides is 1. The molecule has 0 aromatic heterocycles. The molecule has 8 heteroatoms. The molecule has 0 saturated heterocycles. The Kier molecular flexibility index (Phi) is 6.61. The van der Waals surface area contributed by atoms with Crippen molar-refractivity contribution in [3.8, 4) is 0 Å². The van der Waals surface area contributed by atoms with Crippen LogP contribution in [0.5, 0.6) is 0 Å². The molecule has 0 bridgehead atoms. The molecule has 0 aliphatic rings. The molecule has 0 fully saturated rings. The Hall–Kier alpha value is -2.12. The van der Waals surface area contributed by atoms with Crippen molar-refractivity contribution in [1.29, 1.82) is 0 Å². The summed E-state index contributed by atoms with van der Waals surface area (Å²) in [6.45, 7) is 1.90. The van der Waals surface area contributed by atoms with E-state index in [1.807, 2.05) is 0 Å². The number of carbonyl (C=O) groups is 1. The number of carbonyl (C=O) groups excluding carboxylic acids is 1. The topological polar surface area (TPSA) is 66.5 Å². The Bertz CT molecular complexity index is 872. The maximum absolute atomic E-state index is 13.0. The Morgan fingerprint density at radius 1 is 1.23 bits per heavy atom. The summed E-state index contributed by atoms with van der Waals surface area (Å²) in [5.74, 6) is -0.807. The van der Waals surface area contributed by atoms with Gasteiger partial charge in [0.1, 0.15) is 11.9 Å². The minimum atomic E-state index is -3.72. The number of nitrogens with zero attached hydrogens (tertiary/aromatic N) is 1. The molecular formula is C18H20ClFN2O3S. The molecule has 0 aliphatic heterocycles. The molecule has 140 valence electrons. The average Bonchev–Trinajstić information content (AvgIpc) is 2.57. The van der Waals surface area contributed by atoms with Gasteiger partial charge < -0.3 is 5.32 Å². The fourth-order valence-corrected chi connectivity index (χ4v) is 3.97. The van der Waals surface area contributed by atoms with Gasteiger partial charge in [-0.15, -0.1) is 0 Å². The summed E-state index contributed by atoms with van der Waals surface area (Å²) in [6.07, 6.45) is 1.32. The van der Waals surface area contributed by atoms with E-state index < -0.39 is 22.0 Å². The Labute approximate surface area is 157 Å². The van der Waals surface area contributed by atoms with Gasteiger partial charge >= 0.3 is 0 Å². The number of halogens is 2. The van der Waals surface area contributed by atoms with Gasteiger partial charge in [-0.3, -0.25) is 9.10 Å². The van der Waals surface area contributed by atoms with Crippen molar-refractivity contribution in [2.45, 2.75) is 25.9 Å². The number of anilines is 1. The van der Waals surface area contributed by atoms with Crippen LogP contribution in [0.25, 0.3) is 0 Å². The highest BCUT2D eigenvalue weighted by atomic mass is 35.5. The maximum Gasteiger partial charge on any atom is 0.244 e. The van der Waals surface area contributed by atoms with Gasteiger partial charge in [-0.2, -0.15) is 0 Å². The van der Waals surface area contributed by atoms with E-state index >= 15 is 0 Å². The minimum Gasteiger partial charge on any atom is -0.350 e. The van der Waals surface area contributed by atoms with Crippen molar-refractivity contribution in [2.24, 2.45) is 0 Å². The molecule has 2 aromatic rings. The third-order valence-electron chi connectivity index (χ3n) is 3.77. The second-order valence-electron chi connectivity index (χ2n) is 5.81. The molecule has 0 unspecified atom stereocenters. The molecule has 5 nitrogen and oxygen atoms in total. The van der Waals surface area contributed by atoms with E-state index in [0.717, 1.165) is 10.6 Å². The van der Waals surface area contributed by atoms with Gasteiger partial charge in [0.05, 0.1) is 11.9 Å². The molecule has 2 aromatic carbocycles. The van der Waals surface area contributed by atoms with Crippen LogP contribution in [0.1, 0.15) is 18.9 Å². The number of rotatable bonds is 7. The van der Waals surface area contributed by atoms with E-state index in [2.05, 4.69) is 5.32 Å². The van der Waals surface area contributed by atoms with Crippen molar-refractivity contribution in [1.82, 2.24) is 5.32 Å². The van der Waals surface area contributed by atoms with Crippen LogP contribution >= 0.6 is 11.6 Å². The summed E-state index contributed by atoms with van der Waals surface area (Å²) >= 11 is 5.97. The highest BCUT2D eigenvalue weighted by Gasteiger charge is 2.31. The fraction of sp³-hybridized carbons (Fsp3) is 0.278. The maximum atomic E-state index is 13.0. The van der Waals surface area contributed by atoms with Crippen molar-refractivity contribution in [3.63, 3.8) is 0 Å². The zero-order chi connectivity index (χ0) is 19.3. The highest BCUT2D eigenvalue weighted by molar-refractivity contribution is 7.92. The third-order valence-corrected chi connectivity index (χ3v) is 5.19. The van der Waals surface area contributed by atoms with E-state index in [1.54, 1.807) is 37.3 Å². The van der Waals surface area contributed by atoms with Gasteiger partial charge in [0, 0.05) is 11.6 Å². The molecule has 1 atom stereocenters. The van der Waals surface area contributed by atoms with Gasteiger partial charge in [0.15, 0.2) is 0 Å². The standard InChI is InChI=1S/C18H20ClFN2O3S/c1-3-17(18(23)21-12-13-7-9-15(20)10-8-13)22(26(2,24)25)16-6-4-5-14(19)11-16/h4-11,17H,3,12H2,1-2H3,(H,21,23)/t17-/m1/s1. The van der Waals surface area contributed by atoms with Gasteiger partial charge in [-0.1, -0.05) is 36.7 Å². The summed E-state index contributed by atoms with van der Waals surface area (Å²) in [7, 11) is -3.72. The lowest BCUT2D eigenvalue weighted by atomic mass is 10.1. The lowest BCUT2D eigenvalue weighted by Gasteiger charge is -2.30. The number of sulfonamides is 1. The van der Waals surface area contributed by atoms with Gasteiger partial charge in [-0.25, -0.2) is 12.8 Å². The fourth-order valence-electron chi connectivity index (χ4n) is 2.58. The quantitative estimate of drug-likeness (QED) is 0.777. The van der Waals surface area contributed by atoms with Crippen LogP contribution in [-0.4, -0.2) is 26.6 Å². The number of benzene rings is 2. The molecule has 0 radical (unpaired) electrons. The molecule has 0 aliphatic carbocycles. The average molecular weight is 399 g/mol. The predicted molar refractivity (Wildman–Crippen MR) is 101 cm³/mol. The SMILES string of the molecule is CC[C@H](C(=O)NCc1ccc(F)cc1)N(c1cccc(Cl)c1)S(C)(=O)=O. The highest BCUT2D eigenvalue weighted by Crippen LogP contribution is 2.25. The van der Waals surface area contributed by atoms with Crippen LogP contribution in [0.4, 0.5) is 10.1 Å². The normalized spacial score (nSPS) is 12.5. The van der Waals surface area contributed by atoms with Gasteiger partial charge in [0.25, 0.3) is 0 Å². The van der Waals surface area contributed by atoms with E-state index in [1.165, 1.54) is 18.2 Å². The van der Waals surface area contributed by atoms with Crippen molar-refractivity contribution >= 4 is 33.2 Å². The lowest BCUT2D eigenvalue weighted by molar-refractivity contribution is -0.122. The van der Waals surface area contributed by atoms with Crippen LogP contribution in [0, 0.1) is 5.82 Å². The second kappa shape index (κ2) is 8.51. The van der Waals surface area contributed by atoms with Crippen LogP contribution in [0.15, 0.2) is 48.5 Å². The summed E-state index contributed by atoms with van der Waals surface area (Å²) < 4.78 is 38.7. The van der Waals surface area contributed by atoms with Gasteiger partial charge in [0.2, 0.25) is 15.9 Å².